The first-order chi connectivity index (χ1) is 7.09. The van der Waals surface area contributed by atoms with E-state index in [9.17, 15) is 9.90 Å². The molecule has 0 aliphatic carbocycles. The van der Waals surface area contributed by atoms with Gasteiger partial charge >= 0.3 is 0 Å². The van der Waals surface area contributed by atoms with Crippen LogP contribution in [-0.2, 0) is 0 Å². The minimum atomic E-state index is -0.381. The number of aryl methyl sites for hydroxylation is 1. The number of aromatic hydroxyl groups is 1. The van der Waals surface area contributed by atoms with Crippen LogP contribution in [0.5, 0.6) is 5.88 Å². The maximum Gasteiger partial charge on any atom is 0.268 e. The van der Waals surface area contributed by atoms with E-state index in [1.807, 2.05) is 6.92 Å². The number of aromatic amines is 1. The standard InChI is InChI=1S/C9H7IN2O3/c1-4-2-3-15-6(4)7-11-8(13)5(10)9(14)12-7/h2-3H,1H3,(H2,11,12,13,14). The highest BCUT2D eigenvalue weighted by molar-refractivity contribution is 14.1. The van der Waals surface area contributed by atoms with Gasteiger partial charge in [0.05, 0.1) is 6.26 Å². The van der Waals surface area contributed by atoms with Crippen molar-refractivity contribution in [2.75, 3.05) is 0 Å². The average Bonchev–Trinajstić information content (AvgIpc) is 2.60. The van der Waals surface area contributed by atoms with E-state index in [0.717, 1.165) is 5.56 Å². The zero-order valence-electron chi connectivity index (χ0n) is 7.74. The second kappa shape index (κ2) is 3.69. The minimum Gasteiger partial charge on any atom is -0.492 e. The van der Waals surface area contributed by atoms with Gasteiger partial charge in [-0.25, -0.2) is 0 Å². The summed E-state index contributed by atoms with van der Waals surface area (Å²) in [5.41, 5.74) is 0.465. The Morgan fingerprint density at radius 1 is 1.60 bits per heavy atom. The molecule has 0 fully saturated rings. The van der Waals surface area contributed by atoms with Crippen LogP contribution in [0.25, 0.3) is 11.6 Å². The van der Waals surface area contributed by atoms with Gasteiger partial charge in [-0.1, -0.05) is 0 Å². The number of rotatable bonds is 1. The third-order valence-corrected chi connectivity index (χ3v) is 2.89. The second-order valence-electron chi connectivity index (χ2n) is 2.98. The Morgan fingerprint density at radius 3 is 2.87 bits per heavy atom. The van der Waals surface area contributed by atoms with E-state index in [2.05, 4.69) is 9.97 Å². The van der Waals surface area contributed by atoms with E-state index in [-0.39, 0.29) is 20.8 Å². The van der Waals surface area contributed by atoms with Gasteiger partial charge in [0.15, 0.2) is 11.6 Å². The van der Waals surface area contributed by atoms with E-state index in [1.165, 1.54) is 6.26 Å². The van der Waals surface area contributed by atoms with Crippen molar-refractivity contribution in [2.45, 2.75) is 6.92 Å². The first-order valence-corrected chi connectivity index (χ1v) is 5.20. The number of hydrogen-bond donors (Lipinski definition) is 2. The first-order valence-electron chi connectivity index (χ1n) is 4.13. The lowest BCUT2D eigenvalue weighted by atomic mass is 10.3. The quantitative estimate of drug-likeness (QED) is 0.784. The molecule has 78 valence electrons. The summed E-state index contributed by atoms with van der Waals surface area (Å²) >= 11 is 1.73. The third-order valence-electron chi connectivity index (χ3n) is 1.92. The van der Waals surface area contributed by atoms with Gasteiger partial charge in [0.2, 0.25) is 5.88 Å². The third kappa shape index (κ3) is 1.76. The molecular formula is C9H7IN2O3. The molecule has 0 aliphatic heterocycles. The predicted octanol–water partition coefficient (Wildman–Crippen LogP) is 1.65. The highest BCUT2D eigenvalue weighted by Gasteiger charge is 2.12. The van der Waals surface area contributed by atoms with E-state index >= 15 is 0 Å². The molecule has 2 rings (SSSR count). The minimum absolute atomic E-state index is 0.167. The van der Waals surface area contributed by atoms with Gasteiger partial charge in [-0.3, -0.25) is 4.79 Å². The molecule has 0 aromatic carbocycles. The molecule has 0 bridgehead atoms. The number of hydrogen-bond acceptors (Lipinski definition) is 4. The maximum absolute atomic E-state index is 11.4. The molecule has 0 aliphatic rings. The molecular weight excluding hydrogens is 311 g/mol. The number of furan rings is 1. The molecule has 2 aromatic heterocycles. The predicted molar refractivity (Wildman–Crippen MR) is 61.7 cm³/mol. The Morgan fingerprint density at radius 2 is 2.33 bits per heavy atom. The Labute approximate surface area is 98.3 Å². The molecule has 0 unspecified atom stereocenters. The van der Waals surface area contributed by atoms with Crippen molar-refractivity contribution >= 4 is 22.6 Å². The average molecular weight is 318 g/mol. The molecule has 2 heterocycles. The van der Waals surface area contributed by atoms with E-state index < -0.39 is 0 Å². The van der Waals surface area contributed by atoms with Gasteiger partial charge in [0.1, 0.15) is 3.57 Å². The van der Waals surface area contributed by atoms with E-state index in [1.54, 1.807) is 28.7 Å². The largest absolute Gasteiger partial charge is 0.492 e. The number of halogens is 1. The molecule has 0 radical (unpaired) electrons. The van der Waals surface area contributed by atoms with E-state index in [0.29, 0.717) is 5.76 Å². The molecule has 0 atom stereocenters. The Bertz CT molecular complexity index is 559. The van der Waals surface area contributed by atoms with Crippen LogP contribution in [0, 0.1) is 10.5 Å². The van der Waals surface area contributed by atoms with Crippen molar-refractivity contribution in [3.05, 3.63) is 31.8 Å². The van der Waals surface area contributed by atoms with Crippen LogP contribution in [0.3, 0.4) is 0 Å². The second-order valence-corrected chi connectivity index (χ2v) is 4.06. The summed E-state index contributed by atoms with van der Waals surface area (Å²) in [5.74, 6) is 0.407. The van der Waals surface area contributed by atoms with Crippen LogP contribution in [0.1, 0.15) is 5.56 Å². The molecule has 0 spiro atoms. The van der Waals surface area contributed by atoms with Crippen LogP contribution in [0.4, 0.5) is 0 Å². The zero-order chi connectivity index (χ0) is 11.0. The van der Waals surface area contributed by atoms with Crippen LogP contribution in [0.2, 0.25) is 0 Å². The molecule has 0 amide bonds. The molecule has 15 heavy (non-hydrogen) atoms. The monoisotopic (exact) mass is 318 g/mol. The Hall–Kier alpha value is -1.31. The van der Waals surface area contributed by atoms with E-state index in [4.69, 9.17) is 4.42 Å². The summed E-state index contributed by atoms with van der Waals surface area (Å²) in [4.78, 5) is 17.7. The summed E-state index contributed by atoms with van der Waals surface area (Å²) in [5, 5.41) is 9.39. The normalized spacial score (nSPS) is 10.5. The van der Waals surface area contributed by atoms with Crippen molar-refractivity contribution in [3.8, 4) is 17.5 Å². The summed E-state index contributed by atoms with van der Waals surface area (Å²) in [7, 11) is 0. The number of aromatic nitrogens is 2. The summed E-state index contributed by atoms with van der Waals surface area (Å²) in [6.07, 6.45) is 1.50. The fraction of sp³-hybridized carbons (Fsp3) is 0.111. The van der Waals surface area contributed by atoms with Crippen molar-refractivity contribution < 1.29 is 9.52 Å². The molecule has 0 saturated heterocycles. The summed E-state index contributed by atoms with van der Waals surface area (Å²) in [6.45, 7) is 1.83. The van der Waals surface area contributed by atoms with Crippen LogP contribution >= 0.6 is 22.6 Å². The van der Waals surface area contributed by atoms with Crippen molar-refractivity contribution in [2.24, 2.45) is 0 Å². The fourth-order valence-corrected chi connectivity index (χ4v) is 1.43. The smallest absolute Gasteiger partial charge is 0.268 e. The topological polar surface area (TPSA) is 79.1 Å². The lowest BCUT2D eigenvalue weighted by Crippen LogP contribution is -2.12. The number of nitrogens with one attached hydrogen (secondary N) is 1. The summed E-state index contributed by atoms with van der Waals surface area (Å²) < 4.78 is 5.32. The molecule has 0 saturated carbocycles. The molecule has 5 nitrogen and oxygen atoms in total. The van der Waals surface area contributed by atoms with Gasteiger partial charge in [0.25, 0.3) is 5.56 Å². The van der Waals surface area contributed by atoms with Crippen LogP contribution in [0.15, 0.2) is 21.5 Å². The van der Waals surface area contributed by atoms with Gasteiger partial charge in [0, 0.05) is 0 Å². The maximum atomic E-state index is 11.4. The summed E-state index contributed by atoms with van der Waals surface area (Å²) in [6, 6.07) is 1.75. The lowest BCUT2D eigenvalue weighted by Gasteiger charge is -2.00. The van der Waals surface area contributed by atoms with Gasteiger partial charge in [-0.05, 0) is 41.1 Å². The number of nitrogens with zero attached hydrogens (tertiary/aromatic N) is 1. The zero-order valence-corrected chi connectivity index (χ0v) is 9.90. The first kappa shape index (κ1) is 10.2. The van der Waals surface area contributed by atoms with Crippen molar-refractivity contribution in [1.82, 2.24) is 9.97 Å². The van der Waals surface area contributed by atoms with Gasteiger partial charge < -0.3 is 14.5 Å². The highest BCUT2D eigenvalue weighted by Crippen LogP contribution is 2.22. The van der Waals surface area contributed by atoms with Gasteiger partial charge in [-0.2, -0.15) is 4.98 Å². The molecule has 2 N–H and O–H groups in total. The van der Waals surface area contributed by atoms with Crippen molar-refractivity contribution in [3.63, 3.8) is 0 Å². The van der Waals surface area contributed by atoms with Crippen molar-refractivity contribution in [1.29, 1.82) is 0 Å². The highest BCUT2D eigenvalue weighted by atomic mass is 127. The Kier molecular flexibility index (Phi) is 2.51. The molecule has 6 heteroatoms. The number of H-pyrrole nitrogens is 1. The van der Waals surface area contributed by atoms with Gasteiger partial charge in [-0.15, -0.1) is 0 Å². The van der Waals surface area contributed by atoms with Crippen LogP contribution < -0.4 is 5.56 Å². The molecule has 2 aromatic rings. The SMILES string of the molecule is Cc1ccoc1-c1nc(O)c(I)c(=O)[nH]1. The Balaban J connectivity index is 2.66. The lowest BCUT2D eigenvalue weighted by molar-refractivity contribution is 0.446. The fourth-order valence-electron chi connectivity index (χ4n) is 1.17. The van der Waals surface area contributed by atoms with Crippen LogP contribution in [-0.4, -0.2) is 15.1 Å².